The summed E-state index contributed by atoms with van der Waals surface area (Å²) in [5, 5.41) is 0. The number of esters is 1. The second-order valence-electron chi connectivity index (χ2n) is 5.11. The van der Waals surface area contributed by atoms with E-state index in [0.717, 1.165) is 25.7 Å². The van der Waals surface area contributed by atoms with Gasteiger partial charge in [-0.15, -0.1) is 0 Å². The average molecular weight is 275 g/mol. The van der Waals surface area contributed by atoms with Gasteiger partial charge in [-0.05, 0) is 31.2 Å². The molecule has 1 amide bonds. The van der Waals surface area contributed by atoms with E-state index in [4.69, 9.17) is 4.74 Å². The third-order valence-electron chi connectivity index (χ3n) is 3.75. The van der Waals surface area contributed by atoms with Gasteiger partial charge in [0.1, 0.15) is 6.04 Å². The van der Waals surface area contributed by atoms with Crippen LogP contribution in [0.15, 0.2) is 30.3 Å². The Hall–Kier alpha value is -1.84. The van der Waals surface area contributed by atoms with Crippen molar-refractivity contribution >= 4 is 11.9 Å². The van der Waals surface area contributed by atoms with Crippen molar-refractivity contribution in [2.45, 2.75) is 38.1 Å². The van der Waals surface area contributed by atoms with Crippen LogP contribution in [0.2, 0.25) is 0 Å². The second-order valence-corrected chi connectivity index (χ2v) is 5.11. The third-order valence-corrected chi connectivity index (χ3v) is 3.75. The van der Waals surface area contributed by atoms with Crippen molar-refractivity contribution in [3.05, 3.63) is 35.9 Å². The monoisotopic (exact) mass is 275 g/mol. The van der Waals surface area contributed by atoms with Crippen molar-refractivity contribution in [3.63, 3.8) is 0 Å². The average Bonchev–Trinajstić information content (AvgIpc) is 2.97. The molecule has 1 heterocycles. The molecule has 1 aliphatic rings. The molecule has 2 rings (SSSR count). The van der Waals surface area contributed by atoms with Gasteiger partial charge in [-0.3, -0.25) is 4.79 Å². The van der Waals surface area contributed by atoms with Crippen LogP contribution >= 0.6 is 0 Å². The molecule has 108 valence electrons. The zero-order valence-electron chi connectivity index (χ0n) is 11.9. The molecule has 0 aliphatic carbocycles. The summed E-state index contributed by atoms with van der Waals surface area (Å²) in [6, 6.07) is 9.76. The largest absolute Gasteiger partial charge is 0.467 e. The van der Waals surface area contributed by atoms with Gasteiger partial charge in [0.25, 0.3) is 0 Å². The van der Waals surface area contributed by atoms with Crippen molar-refractivity contribution in [2.75, 3.05) is 13.7 Å². The highest BCUT2D eigenvalue weighted by molar-refractivity contribution is 5.85. The van der Waals surface area contributed by atoms with Crippen LogP contribution in [0, 0.1) is 0 Å². The maximum Gasteiger partial charge on any atom is 0.328 e. The standard InChI is InChI=1S/C16H21NO3/c1-20-16(19)14-10-6-12-17(14)15(18)11-5-9-13-7-3-2-4-8-13/h2-4,7-8,14H,5-6,9-12H2,1H3/t14-/m0/s1. The number of rotatable bonds is 5. The summed E-state index contributed by atoms with van der Waals surface area (Å²) in [5.74, 6) is -0.229. The van der Waals surface area contributed by atoms with E-state index in [-0.39, 0.29) is 17.9 Å². The van der Waals surface area contributed by atoms with Gasteiger partial charge in [0.2, 0.25) is 5.91 Å². The molecule has 0 radical (unpaired) electrons. The molecule has 0 aromatic heterocycles. The Kier molecular flexibility index (Phi) is 5.16. The Morgan fingerprint density at radius 2 is 2.05 bits per heavy atom. The van der Waals surface area contributed by atoms with E-state index in [1.165, 1.54) is 12.7 Å². The number of carbonyl (C=O) groups is 2. The van der Waals surface area contributed by atoms with Crippen molar-refractivity contribution in [1.82, 2.24) is 4.90 Å². The van der Waals surface area contributed by atoms with E-state index >= 15 is 0 Å². The molecule has 20 heavy (non-hydrogen) atoms. The first-order valence-electron chi connectivity index (χ1n) is 7.13. The predicted octanol–water partition coefficient (Wildman–Crippen LogP) is 2.17. The molecule has 0 bridgehead atoms. The summed E-state index contributed by atoms with van der Waals surface area (Å²) < 4.78 is 4.76. The van der Waals surface area contributed by atoms with Crippen molar-refractivity contribution in [3.8, 4) is 0 Å². The summed E-state index contributed by atoms with van der Waals surface area (Å²) in [6.45, 7) is 0.671. The van der Waals surface area contributed by atoms with Crippen LogP contribution in [0.25, 0.3) is 0 Å². The van der Waals surface area contributed by atoms with Crippen LogP contribution in [0.5, 0.6) is 0 Å². The highest BCUT2D eigenvalue weighted by Gasteiger charge is 2.34. The minimum absolute atomic E-state index is 0.0637. The number of nitrogens with zero attached hydrogens (tertiary/aromatic N) is 1. The number of aryl methyl sites for hydroxylation is 1. The quantitative estimate of drug-likeness (QED) is 0.774. The summed E-state index contributed by atoms with van der Waals surface area (Å²) in [6.07, 6.45) is 3.79. The van der Waals surface area contributed by atoms with Crippen LogP contribution in [0.3, 0.4) is 0 Å². The Bertz CT molecular complexity index is 458. The summed E-state index contributed by atoms with van der Waals surface area (Å²) in [7, 11) is 1.37. The number of benzene rings is 1. The van der Waals surface area contributed by atoms with Gasteiger partial charge in [-0.1, -0.05) is 30.3 Å². The van der Waals surface area contributed by atoms with Crippen LogP contribution in [0.4, 0.5) is 0 Å². The summed E-state index contributed by atoms with van der Waals surface area (Å²) >= 11 is 0. The molecular formula is C16H21NO3. The van der Waals surface area contributed by atoms with E-state index in [9.17, 15) is 9.59 Å². The molecular weight excluding hydrogens is 254 g/mol. The summed E-state index contributed by atoms with van der Waals surface area (Å²) in [4.78, 5) is 25.5. The van der Waals surface area contributed by atoms with Crippen molar-refractivity contribution < 1.29 is 14.3 Å². The van der Waals surface area contributed by atoms with Crippen LogP contribution < -0.4 is 0 Å². The first kappa shape index (κ1) is 14.6. The number of ether oxygens (including phenoxy) is 1. The lowest BCUT2D eigenvalue weighted by molar-refractivity contribution is -0.151. The maximum absolute atomic E-state index is 12.2. The van der Waals surface area contributed by atoms with E-state index in [2.05, 4.69) is 12.1 Å². The zero-order valence-corrected chi connectivity index (χ0v) is 11.9. The topological polar surface area (TPSA) is 46.6 Å². The molecule has 1 aromatic carbocycles. The van der Waals surface area contributed by atoms with E-state index in [0.29, 0.717) is 13.0 Å². The van der Waals surface area contributed by atoms with Gasteiger partial charge in [0, 0.05) is 13.0 Å². The molecule has 0 unspecified atom stereocenters. The number of carbonyl (C=O) groups excluding carboxylic acids is 2. The minimum atomic E-state index is -0.371. The lowest BCUT2D eigenvalue weighted by Crippen LogP contribution is -2.41. The fourth-order valence-electron chi connectivity index (χ4n) is 2.68. The number of hydrogen-bond donors (Lipinski definition) is 0. The van der Waals surface area contributed by atoms with Crippen molar-refractivity contribution in [1.29, 1.82) is 0 Å². The zero-order chi connectivity index (χ0) is 14.4. The Balaban J connectivity index is 1.81. The molecule has 1 atom stereocenters. The minimum Gasteiger partial charge on any atom is -0.467 e. The first-order valence-corrected chi connectivity index (χ1v) is 7.13. The van der Waals surface area contributed by atoms with Gasteiger partial charge in [0.05, 0.1) is 7.11 Å². The smallest absolute Gasteiger partial charge is 0.328 e. The fraction of sp³-hybridized carbons (Fsp3) is 0.500. The molecule has 1 aromatic rings. The fourth-order valence-corrected chi connectivity index (χ4v) is 2.68. The molecule has 0 saturated carbocycles. The number of hydrogen-bond acceptors (Lipinski definition) is 3. The number of amides is 1. The van der Waals surface area contributed by atoms with Gasteiger partial charge < -0.3 is 9.64 Å². The second kappa shape index (κ2) is 7.08. The highest BCUT2D eigenvalue weighted by Crippen LogP contribution is 2.20. The lowest BCUT2D eigenvalue weighted by atomic mass is 10.1. The molecule has 4 heteroatoms. The maximum atomic E-state index is 12.2. The van der Waals surface area contributed by atoms with E-state index in [1.807, 2.05) is 18.2 Å². The van der Waals surface area contributed by atoms with Crippen LogP contribution in [0.1, 0.15) is 31.2 Å². The van der Waals surface area contributed by atoms with Gasteiger partial charge in [-0.2, -0.15) is 0 Å². The van der Waals surface area contributed by atoms with E-state index < -0.39 is 0 Å². The predicted molar refractivity (Wildman–Crippen MR) is 76.1 cm³/mol. The first-order chi connectivity index (χ1) is 9.72. The Morgan fingerprint density at radius 1 is 1.30 bits per heavy atom. The summed E-state index contributed by atoms with van der Waals surface area (Å²) in [5.41, 5.74) is 1.24. The van der Waals surface area contributed by atoms with Gasteiger partial charge in [-0.25, -0.2) is 4.79 Å². The third kappa shape index (κ3) is 3.59. The highest BCUT2D eigenvalue weighted by atomic mass is 16.5. The van der Waals surface area contributed by atoms with Crippen LogP contribution in [-0.4, -0.2) is 36.5 Å². The molecule has 1 saturated heterocycles. The molecule has 0 spiro atoms. The SMILES string of the molecule is COC(=O)[C@@H]1CCCN1C(=O)CCCc1ccccc1. The Morgan fingerprint density at radius 3 is 2.75 bits per heavy atom. The lowest BCUT2D eigenvalue weighted by Gasteiger charge is -2.22. The molecule has 4 nitrogen and oxygen atoms in total. The van der Waals surface area contributed by atoms with E-state index in [1.54, 1.807) is 4.90 Å². The van der Waals surface area contributed by atoms with Crippen LogP contribution in [-0.2, 0) is 20.7 Å². The van der Waals surface area contributed by atoms with Gasteiger partial charge >= 0.3 is 5.97 Å². The molecule has 0 N–H and O–H groups in total. The number of likely N-dealkylation sites (tertiary alicyclic amines) is 1. The molecule has 1 aliphatic heterocycles. The normalized spacial score (nSPS) is 18.1. The Labute approximate surface area is 119 Å². The number of methoxy groups -OCH3 is 1. The van der Waals surface area contributed by atoms with Gasteiger partial charge in [0.15, 0.2) is 0 Å². The molecule has 1 fully saturated rings. The van der Waals surface area contributed by atoms with Crippen molar-refractivity contribution in [2.24, 2.45) is 0 Å².